The summed E-state index contributed by atoms with van der Waals surface area (Å²) in [5.41, 5.74) is 1.81. The summed E-state index contributed by atoms with van der Waals surface area (Å²) in [6.45, 7) is 3.86. The molecule has 0 saturated heterocycles. The predicted octanol–water partition coefficient (Wildman–Crippen LogP) is 5.58. The molecule has 4 aromatic rings. The van der Waals surface area contributed by atoms with E-state index in [2.05, 4.69) is 11.4 Å². The second-order valence-electron chi connectivity index (χ2n) is 7.11. The van der Waals surface area contributed by atoms with Gasteiger partial charge < -0.3 is 14.5 Å². The molecule has 0 saturated carbocycles. The number of furan rings is 1. The Bertz CT molecular complexity index is 1110. The third kappa shape index (κ3) is 3.46. The molecule has 4 nitrogen and oxygen atoms in total. The summed E-state index contributed by atoms with van der Waals surface area (Å²) in [6, 6.07) is 21.7. The van der Waals surface area contributed by atoms with Gasteiger partial charge in [-0.2, -0.15) is 0 Å². The van der Waals surface area contributed by atoms with Gasteiger partial charge in [0.15, 0.2) is 0 Å². The van der Waals surface area contributed by atoms with Crippen LogP contribution in [0, 0.1) is 0 Å². The Morgan fingerprint density at radius 2 is 1.68 bits per heavy atom. The Morgan fingerprint density at radius 1 is 0.929 bits per heavy atom. The van der Waals surface area contributed by atoms with E-state index >= 15 is 0 Å². The van der Waals surface area contributed by atoms with Gasteiger partial charge in [-0.25, -0.2) is 0 Å². The number of hydrogen-bond donors (Lipinski definition) is 1. The highest BCUT2D eigenvalue weighted by molar-refractivity contribution is 5.88. The molecule has 1 heterocycles. The average molecular weight is 373 g/mol. The van der Waals surface area contributed by atoms with Crippen LogP contribution in [0.25, 0.3) is 21.7 Å². The maximum absolute atomic E-state index is 12.8. The standard InChI is InChI=1S/C24H23NO3/c1-15(17-8-9-19-13-21(27-3)11-10-18(19)12-17)24(26)25-16(2)23-14-20-6-4-5-7-22(20)28-23/h4-16H,1-3H3,(H,25,26)/t15-,16-/m0/s1. The van der Waals surface area contributed by atoms with Gasteiger partial charge in [0.2, 0.25) is 5.91 Å². The summed E-state index contributed by atoms with van der Waals surface area (Å²) in [5.74, 6) is 1.29. The number of methoxy groups -OCH3 is 1. The smallest absolute Gasteiger partial charge is 0.227 e. The Hall–Kier alpha value is -3.27. The van der Waals surface area contributed by atoms with Crippen LogP contribution in [0.2, 0.25) is 0 Å². The molecule has 1 amide bonds. The molecule has 0 bridgehead atoms. The Morgan fingerprint density at radius 3 is 2.46 bits per heavy atom. The van der Waals surface area contributed by atoms with Gasteiger partial charge in [-0.05, 0) is 54.4 Å². The van der Waals surface area contributed by atoms with Gasteiger partial charge in [-0.3, -0.25) is 4.79 Å². The Kier molecular flexibility index (Phi) is 4.78. The van der Waals surface area contributed by atoms with Gasteiger partial charge >= 0.3 is 0 Å². The van der Waals surface area contributed by atoms with E-state index < -0.39 is 0 Å². The summed E-state index contributed by atoms with van der Waals surface area (Å²) >= 11 is 0. The first kappa shape index (κ1) is 18.1. The van der Waals surface area contributed by atoms with E-state index in [1.807, 2.05) is 74.5 Å². The normalized spacial score (nSPS) is 13.4. The van der Waals surface area contributed by atoms with Crippen molar-refractivity contribution >= 4 is 27.6 Å². The van der Waals surface area contributed by atoms with E-state index in [4.69, 9.17) is 9.15 Å². The summed E-state index contributed by atoms with van der Waals surface area (Å²) in [7, 11) is 1.66. The van der Waals surface area contributed by atoms with Gasteiger partial charge in [0.05, 0.1) is 19.1 Å². The molecule has 0 fully saturated rings. The second kappa shape index (κ2) is 7.39. The van der Waals surface area contributed by atoms with Crippen LogP contribution in [0.5, 0.6) is 5.75 Å². The number of carbonyl (C=O) groups excluding carboxylic acids is 1. The van der Waals surface area contributed by atoms with Crippen molar-refractivity contribution < 1.29 is 13.9 Å². The molecule has 0 aliphatic carbocycles. The molecule has 28 heavy (non-hydrogen) atoms. The molecule has 0 radical (unpaired) electrons. The lowest BCUT2D eigenvalue weighted by molar-refractivity contribution is -0.123. The SMILES string of the molecule is COc1ccc2cc([C@H](C)C(=O)N[C@@H](C)c3cc4ccccc4o3)ccc2c1. The van der Waals surface area contributed by atoms with Crippen molar-refractivity contribution in [2.45, 2.75) is 25.8 Å². The third-order valence-electron chi connectivity index (χ3n) is 5.19. The van der Waals surface area contributed by atoms with E-state index in [0.717, 1.165) is 38.8 Å². The number of fused-ring (bicyclic) bond motifs is 2. The monoisotopic (exact) mass is 373 g/mol. The maximum Gasteiger partial charge on any atom is 0.227 e. The van der Waals surface area contributed by atoms with E-state index in [1.54, 1.807) is 7.11 Å². The number of amides is 1. The molecule has 1 N–H and O–H groups in total. The first-order valence-corrected chi connectivity index (χ1v) is 9.41. The van der Waals surface area contributed by atoms with Crippen LogP contribution in [0.15, 0.2) is 71.1 Å². The summed E-state index contributed by atoms with van der Waals surface area (Å²) in [5, 5.41) is 6.28. The highest BCUT2D eigenvalue weighted by atomic mass is 16.5. The zero-order valence-corrected chi connectivity index (χ0v) is 16.2. The number of carbonyl (C=O) groups is 1. The van der Waals surface area contributed by atoms with Gasteiger partial charge in [-0.15, -0.1) is 0 Å². The molecule has 0 aliphatic heterocycles. The Balaban J connectivity index is 1.51. The molecule has 0 aliphatic rings. The fraction of sp³-hybridized carbons (Fsp3) is 0.208. The van der Waals surface area contributed by atoms with Crippen molar-refractivity contribution in [1.29, 1.82) is 0 Å². The van der Waals surface area contributed by atoms with Crippen LogP contribution >= 0.6 is 0 Å². The van der Waals surface area contributed by atoms with E-state index in [9.17, 15) is 4.79 Å². The van der Waals surface area contributed by atoms with E-state index in [0.29, 0.717) is 0 Å². The van der Waals surface area contributed by atoms with Crippen LogP contribution in [0.4, 0.5) is 0 Å². The zero-order chi connectivity index (χ0) is 19.7. The molecule has 4 rings (SSSR count). The molecule has 0 spiro atoms. The average Bonchev–Trinajstić information content (AvgIpc) is 3.16. The number of rotatable bonds is 5. The minimum atomic E-state index is -0.265. The minimum absolute atomic E-state index is 0.0270. The lowest BCUT2D eigenvalue weighted by Gasteiger charge is -2.17. The van der Waals surface area contributed by atoms with Crippen molar-refractivity contribution in [2.75, 3.05) is 7.11 Å². The molecule has 4 heteroatoms. The maximum atomic E-state index is 12.8. The summed E-state index contributed by atoms with van der Waals surface area (Å²) < 4.78 is 11.1. The van der Waals surface area contributed by atoms with Gasteiger partial charge in [-0.1, -0.05) is 42.5 Å². The number of para-hydroxylation sites is 1. The summed E-state index contributed by atoms with van der Waals surface area (Å²) in [4.78, 5) is 12.8. The van der Waals surface area contributed by atoms with Crippen LogP contribution in [0.1, 0.15) is 37.1 Å². The van der Waals surface area contributed by atoms with Crippen LogP contribution in [0.3, 0.4) is 0 Å². The number of nitrogens with one attached hydrogen (secondary N) is 1. The number of hydrogen-bond acceptors (Lipinski definition) is 3. The quantitative estimate of drug-likeness (QED) is 0.497. The first-order chi connectivity index (χ1) is 13.5. The first-order valence-electron chi connectivity index (χ1n) is 9.41. The highest BCUT2D eigenvalue weighted by Crippen LogP contribution is 2.27. The topological polar surface area (TPSA) is 51.5 Å². The predicted molar refractivity (Wildman–Crippen MR) is 112 cm³/mol. The molecule has 1 aromatic heterocycles. The lowest BCUT2D eigenvalue weighted by atomic mass is 9.96. The van der Waals surface area contributed by atoms with Crippen LogP contribution in [-0.4, -0.2) is 13.0 Å². The van der Waals surface area contributed by atoms with Gasteiger partial charge in [0.25, 0.3) is 0 Å². The van der Waals surface area contributed by atoms with Crippen molar-refractivity contribution in [1.82, 2.24) is 5.32 Å². The van der Waals surface area contributed by atoms with Crippen LogP contribution in [-0.2, 0) is 4.79 Å². The lowest BCUT2D eigenvalue weighted by Crippen LogP contribution is -2.30. The van der Waals surface area contributed by atoms with Crippen molar-refractivity contribution in [2.24, 2.45) is 0 Å². The molecule has 3 aromatic carbocycles. The Labute approximate surface area is 164 Å². The zero-order valence-electron chi connectivity index (χ0n) is 16.2. The largest absolute Gasteiger partial charge is 0.497 e. The molecule has 0 unspecified atom stereocenters. The van der Waals surface area contributed by atoms with E-state index in [-0.39, 0.29) is 17.9 Å². The molecular formula is C24H23NO3. The number of ether oxygens (including phenoxy) is 1. The third-order valence-corrected chi connectivity index (χ3v) is 5.19. The summed E-state index contributed by atoms with van der Waals surface area (Å²) in [6.07, 6.45) is 0. The van der Waals surface area contributed by atoms with Crippen molar-refractivity contribution in [3.63, 3.8) is 0 Å². The molecular weight excluding hydrogens is 350 g/mol. The fourth-order valence-electron chi connectivity index (χ4n) is 3.42. The second-order valence-corrected chi connectivity index (χ2v) is 7.11. The van der Waals surface area contributed by atoms with Crippen LogP contribution < -0.4 is 10.1 Å². The minimum Gasteiger partial charge on any atom is -0.497 e. The van der Waals surface area contributed by atoms with Gasteiger partial charge in [0.1, 0.15) is 17.1 Å². The molecule has 142 valence electrons. The fourth-order valence-corrected chi connectivity index (χ4v) is 3.42. The molecule has 2 atom stereocenters. The van der Waals surface area contributed by atoms with Crippen molar-refractivity contribution in [3.05, 3.63) is 78.1 Å². The van der Waals surface area contributed by atoms with Crippen molar-refractivity contribution in [3.8, 4) is 5.75 Å². The van der Waals surface area contributed by atoms with Gasteiger partial charge in [0, 0.05) is 5.39 Å². The highest BCUT2D eigenvalue weighted by Gasteiger charge is 2.20. The number of benzene rings is 3. The van der Waals surface area contributed by atoms with E-state index in [1.165, 1.54) is 0 Å².